The van der Waals surface area contributed by atoms with E-state index in [1.54, 1.807) is 5.38 Å². The van der Waals surface area contributed by atoms with Gasteiger partial charge in [-0.05, 0) is 50.3 Å². The Kier molecular flexibility index (Phi) is 7.56. The summed E-state index contributed by atoms with van der Waals surface area (Å²) in [6.07, 6.45) is 7.71. The van der Waals surface area contributed by atoms with E-state index in [1.165, 1.54) is 6.20 Å². The quantitative estimate of drug-likeness (QED) is 0.526. The molecule has 0 radical (unpaired) electrons. The van der Waals surface area contributed by atoms with Gasteiger partial charge in [-0.1, -0.05) is 24.4 Å². The van der Waals surface area contributed by atoms with Crippen LogP contribution in [0.4, 0.5) is 15.2 Å². The van der Waals surface area contributed by atoms with Crippen LogP contribution in [-0.4, -0.2) is 55.2 Å². The van der Waals surface area contributed by atoms with E-state index in [-0.39, 0.29) is 28.8 Å². The van der Waals surface area contributed by atoms with Gasteiger partial charge in [0.1, 0.15) is 10.7 Å². The molecule has 1 aliphatic carbocycles. The van der Waals surface area contributed by atoms with Crippen molar-refractivity contribution in [3.8, 4) is 0 Å². The summed E-state index contributed by atoms with van der Waals surface area (Å²) in [7, 11) is -4.14. The molecule has 3 atom stereocenters. The van der Waals surface area contributed by atoms with Gasteiger partial charge < -0.3 is 10.4 Å². The van der Waals surface area contributed by atoms with E-state index in [1.807, 2.05) is 0 Å². The summed E-state index contributed by atoms with van der Waals surface area (Å²) in [6.45, 7) is 2.05. The number of benzene rings is 1. The highest BCUT2D eigenvalue weighted by Crippen LogP contribution is 2.34. The first-order valence-corrected chi connectivity index (χ1v) is 13.6. The highest BCUT2D eigenvalue weighted by Gasteiger charge is 2.33. The third-order valence-electron chi connectivity index (χ3n) is 6.31. The molecule has 2 heterocycles. The van der Waals surface area contributed by atoms with Crippen LogP contribution in [0.5, 0.6) is 0 Å². The number of thiazole rings is 1. The summed E-state index contributed by atoms with van der Waals surface area (Å²) in [4.78, 5) is 5.80. The molecule has 1 aromatic carbocycles. The molecule has 0 amide bonds. The van der Waals surface area contributed by atoms with E-state index in [4.69, 9.17) is 11.6 Å². The smallest absolute Gasteiger partial charge is 0.266 e. The number of anilines is 2. The lowest BCUT2D eigenvalue weighted by atomic mass is 9.86. The Labute approximate surface area is 197 Å². The number of rotatable bonds is 7. The van der Waals surface area contributed by atoms with Crippen molar-refractivity contribution < 1.29 is 17.9 Å². The number of halogens is 2. The van der Waals surface area contributed by atoms with Gasteiger partial charge in [-0.25, -0.2) is 17.8 Å². The van der Waals surface area contributed by atoms with Crippen LogP contribution >= 0.6 is 22.9 Å². The number of piperidine rings is 1. The van der Waals surface area contributed by atoms with Crippen LogP contribution in [-0.2, 0) is 10.0 Å². The fraction of sp³-hybridized carbons (Fsp3) is 0.571. The van der Waals surface area contributed by atoms with Gasteiger partial charge in [-0.2, -0.15) is 0 Å². The zero-order valence-electron chi connectivity index (χ0n) is 17.6. The molecule has 3 N–H and O–H groups in total. The van der Waals surface area contributed by atoms with Gasteiger partial charge in [0.25, 0.3) is 10.0 Å². The zero-order valence-corrected chi connectivity index (χ0v) is 20.0. The molecule has 0 spiro atoms. The monoisotopic (exact) mass is 502 g/mol. The van der Waals surface area contributed by atoms with Crippen molar-refractivity contribution in [1.82, 2.24) is 9.88 Å². The first-order chi connectivity index (χ1) is 15.4. The van der Waals surface area contributed by atoms with Crippen molar-refractivity contribution in [3.05, 3.63) is 34.5 Å². The van der Waals surface area contributed by atoms with Gasteiger partial charge in [0, 0.05) is 36.8 Å². The Morgan fingerprint density at radius 2 is 2.06 bits per heavy atom. The van der Waals surface area contributed by atoms with Crippen LogP contribution in [0.1, 0.15) is 38.5 Å². The van der Waals surface area contributed by atoms with E-state index in [9.17, 15) is 17.9 Å². The third-order valence-corrected chi connectivity index (χ3v) is 8.80. The summed E-state index contributed by atoms with van der Waals surface area (Å²) in [6, 6.07) is 2.66. The number of nitrogens with zero attached hydrogens (tertiary/aromatic N) is 2. The highest BCUT2D eigenvalue weighted by molar-refractivity contribution is 7.93. The Morgan fingerprint density at radius 3 is 2.81 bits per heavy atom. The molecule has 1 aliphatic heterocycles. The third kappa shape index (κ3) is 5.36. The number of aromatic nitrogens is 1. The number of aliphatic hydroxyl groups is 1. The van der Waals surface area contributed by atoms with Crippen molar-refractivity contribution >= 4 is 43.8 Å². The Morgan fingerprint density at radius 1 is 1.25 bits per heavy atom. The van der Waals surface area contributed by atoms with Crippen molar-refractivity contribution in [2.75, 3.05) is 29.7 Å². The van der Waals surface area contributed by atoms with E-state index >= 15 is 0 Å². The van der Waals surface area contributed by atoms with Gasteiger partial charge in [0.2, 0.25) is 0 Å². The first kappa shape index (κ1) is 23.7. The standard InChI is InChI=1S/C21H28ClFN4O3S2/c22-15-10-20(32(29,30)26-21-24-7-9-31-21)16(23)11-18(15)25-17-5-1-2-6-19(17)27-8-3-4-14(12-27)13-28/h7,9-11,14,17,19,25,28H,1-6,8,12-13H2,(H,24,26)/t14-,17+,19+/m1/s1. The summed E-state index contributed by atoms with van der Waals surface area (Å²) in [5, 5.41) is 14.9. The van der Waals surface area contributed by atoms with E-state index < -0.39 is 20.7 Å². The van der Waals surface area contributed by atoms with Crippen LogP contribution in [0, 0.1) is 11.7 Å². The molecule has 176 valence electrons. The molecule has 1 saturated heterocycles. The fourth-order valence-electron chi connectivity index (χ4n) is 4.75. The summed E-state index contributed by atoms with van der Waals surface area (Å²) < 4.78 is 42.4. The molecular weight excluding hydrogens is 475 g/mol. The van der Waals surface area contributed by atoms with Crippen LogP contribution in [0.2, 0.25) is 5.02 Å². The topological polar surface area (TPSA) is 94.6 Å². The van der Waals surface area contributed by atoms with Crippen LogP contribution in [0.15, 0.2) is 28.6 Å². The summed E-state index contributed by atoms with van der Waals surface area (Å²) >= 11 is 7.51. The lowest BCUT2D eigenvalue weighted by Crippen LogP contribution is -2.52. The second-order valence-electron chi connectivity index (χ2n) is 8.49. The number of aliphatic hydroxyl groups excluding tert-OH is 1. The van der Waals surface area contributed by atoms with Crippen LogP contribution < -0.4 is 10.0 Å². The maximum Gasteiger partial charge on any atom is 0.266 e. The molecule has 4 rings (SSSR count). The lowest BCUT2D eigenvalue weighted by molar-refractivity contribution is 0.0668. The number of likely N-dealkylation sites (tertiary alicyclic amines) is 1. The first-order valence-electron chi connectivity index (χ1n) is 10.9. The zero-order chi connectivity index (χ0) is 22.7. The van der Waals surface area contributed by atoms with E-state index in [2.05, 4.69) is 19.9 Å². The molecular formula is C21H28ClFN4O3S2. The van der Waals surface area contributed by atoms with Crippen molar-refractivity contribution in [3.63, 3.8) is 0 Å². The maximum atomic E-state index is 14.9. The normalized spacial score (nSPS) is 24.9. The minimum atomic E-state index is -4.14. The molecule has 2 fully saturated rings. The minimum Gasteiger partial charge on any atom is -0.396 e. The van der Waals surface area contributed by atoms with Gasteiger partial charge in [-0.15, -0.1) is 11.3 Å². The van der Waals surface area contributed by atoms with Gasteiger partial charge in [-0.3, -0.25) is 9.62 Å². The van der Waals surface area contributed by atoms with Crippen molar-refractivity contribution in [1.29, 1.82) is 0 Å². The Bertz CT molecular complexity index is 1020. The number of hydrogen-bond donors (Lipinski definition) is 3. The lowest BCUT2D eigenvalue weighted by Gasteiger charge is -2.44. The molecule has 0 unspecified atom stereocenters. The molecule has 11 heteroatoms. The SMILES string of the molecule is O=S(=O)(Nc1nccs1)c1cc(Cl)c(N[C@H]2CCCC[C@@H]2N2CCC[C@@H](CO)C2)cc1F. The molecule has 1 aromatic heterocycles. The van der Waals surface area contributed by atoms with Crippen LogP contribution in [0.3, 0.4) is 0 Å². The van der Waals surface area contributed by atoms with Crippen molar-refractivity contribution in [2.45, 2.75) is 55.5 Å². The van der Waals surface area contributed by atoms with Gasteiger partial charge >= 0.3 is 0 Å². The maximum absolute atomic E-state index is 14.9. The molecule has 0 bridgehead atoms. The highest BCUT2D eigenvalue weighted by atomic mass is 35.5. The Hall–Kier alpha value is -1.46. The molecule has 1 saturated carbocycles. The Balaban J connectivity index is 1.52. The van der Waals surface area contributed by atoms with E-state index in [0.717, 1.165) is 75.1 Å². The predicted octanol–water partition coefficient (Wildman–Crippen LogP) is 4.16. The predicted molar refractivity (Wildman–Crippen MR) is 125 cm³/mol. The van der Waals surface area contributed by atoms with Crippen molar-refractivity contribution in [2.24, 2.45) is 5.92 Å². The largest absolute Gasteiger partial charge is 0.396 e. The molecule has 2 aliphatic rings. The molecule has 2 aromatic rings. The van der Waals surface area contributed by atoms with E-state index in [0.29, 0.717) is 11.6 Å². The summed E-state index contributed by atoms with van der Waals surface area (Å²) in [5.74, 6) is -0.575. The van der Waals surface area contributed by atoms with Gasteiger partial charge in [0.15, 0.2) is 5.13 Å². The fourth-order valence-corrected chi connectivity index (χ4v) is 6.91. The number of sulfonamides is 1. The summed E-state index contributed by atoms with van der Waals surface area (Å²) in [5.41, 5.74) is 0.394. The average molecular weight is 503 g/mol. The number of nitrogens with one attached hydrogen (secondary N) is 2. The van der Waals surface area contributed by atoms with Crippen LogP contribution in [0.25, 0.3) is 0 Å². The minimum absolute atomic E-state index is 0.0778. The average Bonchev–Trinajstić information content (AvgIpc) is 3.28. The second-order valence-corrected chi connectivity index (χ2v) is 11.4. The van der Waals surface area contributed by atoms with Gasteiger partial charge in [0.05, 0.1) is 10.7 Å². The molecule has 32 heavy (non-hydrogen) atoms. The molecule has 7 nitrogen and oxygen atoms in total. The number of hydrogen-bond acceptors (Lipinski definition) is 7. The second kappa shape index (κ2) is 10.2.